The van der Waals surface area contributed by atoms with E-state index >= 15 is 0 Å². The lowest BCUT2D eigenvalue weighted by Crippen LogP contribution is -2.48. The Balaban J connectivity index is 2.54. The van der Waals surface area contributed by atoms with Crippen molar-refractivity contribution in [1.29, 1.82) is 0 Å². The normalized spacial score (nSPS) is 25.7. The van der Waals surface area contributed by atoms with Crippen LogP contribution in [0.4, 0.5) is 0 Å². The van der Waals surface area contributed by atoms with Gasteiger partial charge in [-0.25, -0.2) is 0 Å². The summed E-state index contributed by atoms with van der Waals surface area (Å²) in [5, 5.41) is 0. The van der Waals surface area contributed by atoms with E-state index in [1.807, 2.05) is 25.8 Å². The van der Waals surface area contributed by atoms with E-state index in [1.165, 1.54) is 19.3 Å². The van der Waals surface area contributed by atoms with Crippen molar-refractivity contribution in [1.82, 2.24) is 4.90 Å². The molecule has 1 amide bonds. The van der Waals surface area contributed by atoms with E-state index < -0.39 is 5.41 Å². The van der Waals surface area contributed by atoms with Crippen molar-refractivity contribution in [2.75, 3.05) is 13.6 Å². The molecule has 3 heteroatoms. The van der Waals surface area contributed by atoms with Gasteiger partial charge in [0, 0.05) is 19.6 Å². The molecule has 0 atom stereocenters. The first-order chi connectivity index (χ1) is 7.92. The molecule has 100 valence electrons. The Morgan fingerprint density at radius 2 is 1.82 bits per heavy atom. The summed E-state index contributed by atoms with van der Waals surface area (Å²) in [6.45, 7) is 6.55. The first-order valence-electron chi connectivity index (χ1n) is 6.89. The molecule has 0 spiro atoms. The number of carbonyl (C=O) groups is 1. The SMILES string of the molecule is CCC1CCC(N(C)C(=O)C(C)(C)CN)CC1. The third kappa shape index (κ3) is 3.44. The summed E-state index contributed by atoms with van der Waals surface area (Å²) in [6.07, 6.45) is 6.12. The maximum atomic E-state index is 12.3. The summed E-state index contributed by atoms with van der Waals surface area (Å²) >= 11 is 0. The van der Waals surface area contributed by atoms with Crippen LogP contribution >= 0.6 is 0 Å². The van der Waals surface area contributed by atoms with Crippen LogP contribution in [0.15, 0.2) is 0 Å². The van der Waals surface area contributed by atoms with Crippen LogP contribution in [-0.4, -0.2) is 30.4 Å². The molecule has 2 N–H and O–H groups in total. The molecule has 1 aliphatic carbocycles. The Morgan fingerprint density at radius 1 is 1.29 bits per heavy atom. The fourth-order valence-corrected chi connectivity index (χ4v) is 2.67. The molecule has 3 nitrogen and oxygen atoms in total. The molecule has 0 aromatic rings. The van der Waals surface area contributed by atoms with E-state index in [0.717, 1.165) is 18.8 Å². The number of nitrogens with two attached hydrogens (primary N) is 1. The fraction of sp³-hybridized carbons (Fsp3) is 0.929. The molecule has 0 radical (unpaired) electrons. The maximum Gasteiger partial charge on any atom is 0.229 e. The topological polar surface area (TPSA) is 46.3 Å². The highest BCUT2D eigenvalue weighted by Gasteiger charge is 2.33. The van der Waals surface area contributed by atoms with Gasteiger partial charge in [0.1, 0.15) is 0 Å². The highest BCUT2D eigenvalue weighted by atomic mass is 16.2. The monoisotopic (exact) mass is 240 g/mol. The second-order valence-electron chi connectivity index (χ2n) is 6.09. The molecule has 0 aliphatic heterocycles. The van der Waals surface area contributed by atoms with Crippen LogP contribution in [0.3, 0.4) is 0 Å². The minimum absolute atomic E-state index is 0.194. The van der Waals surface area contributed by atoms with E-state index in [2.05, 4.69) is 6.92 Å². The number of hydrogen-bond acceptors (Lipinski definition) is 2. The highest BCUT2D eigenvalue weighted by Crippen LogP contribution is 2.30. The second-order valence-corrected chi connectivity index (χ2v) is 6.09. The quantitative estimate of drug-likeness (QED) is 0.820. The third-order valence-electron chi connectivity index (χ3n) is 4.35. The van der Waals surface area contributed by atoms with Gasteiger partial charge in [-0.3, -0.25) is 4.79 Å². The van der Waals surface area contributed by atoms with Crippen molar-refractivity contribution in [3.05, 3.63) is 0 Å². The van der Waals surface area contributed by atoms with Gasteiger partial charge in [-0.2, -0.15) is 0 Å². The van der Waals surface area contributed by atoms with Gasteiger partial charge in [0.15, 0.2) is 0 Å². The second kappa shape index (κ2) is 5.85. The lowest BCUT2D eigenvalue weighted by Gasteiger charge is -2.38. The number of carbonyl (C=O) groups excluding carboxylic acids is 1. The summed E-state index contributed by atoms with van der Waals surface area (Å²) in [5.41, 5.74) is 5.25. The molecule has 0 saturated heterocycles. The molecule has 1 saturated carbocycles. The largest absolute Gasteiger partial charge is 0.342 e. The van der Waals surface area contributed by atoms with Gasteiger partial charge in [-0.05, 0) is 45.4 Å². The molecule has 1 fully saturated rings. The van der Waals surface area contributed by atoms with Gasteiger partial charge in [0.05, 0.1) is 5.41 Å². The van der Waals surface area contributed by atoms with E-state index in [4.69, 9.17) is 5.73 Å². The Morgan fingerprint density at radius 3 is 2.24 bits per heavy atom. The first-order valence-corrected chi connectivity index (χ1v) is 6.89. The standard InChI is InChI=1S/C14H28N2O/c1-5-11-6-8-12(9-7-11)16(4)13(17)14(2,3)10-15/h11-12H,5-10,15H2,1-4H3. The molecule has 0 unspecified atom stereocenters. The van der Waals surface area contributed by atoms with E-state index in [9.17, 15) is 4.79 Å². The predicted molar refractivity (Wildman–Crippen MR) is 71.6 cm³/mol. The molecule has 0 aromatic heterocycles. The summed E-state index contributed by atoms with van der Waals surface area (Å²) in [7, 11) is 1.94. The molecular weight excluding hydrogens is 212 g/mol. The van der Waals surface area contributed by atoms with Crippen LogP contribution < -0.4 is 5.73 Å². The lowest BCUT2D eigenvalue weighted by molar-refractivity contribution is -0.141. The van der Waals surface area contributed by atoms with Crippen molar-refractivity contribution in [2.24, 2.45) is 17.1 Å². The summed E-state index contributed by atoms with van der Waals surface area (Å²) in [5.74, 6) is 1.07. The fourth-order valence-electron chi connectivity index (χ4n) is 2.67. The summed E-state index contributed by atoms with van der Waals surface area (Å²) < 4.78 is 0. The zero-order valence-electron chi connectivity index (χ0n) is 11.8. The van der Waals surface area contributed by atoms with Gasteiger partial charge in [0.2, 0.25) is 5.91 Å². The number of nitrogens with zero attached hydrogens (tertiary/aromatic N) is 1. The van der Waals surface area contributed by atoms with Gasteiger partial charge < -0.3 is 10.6 Å². The van der Waals surface area contributed by atoms with Crippen molar-refractivity contribution in [3.8, 4) is 0 Å². The van der Waals surface area contributed by atoms with Crippen LogP contribution in [0, 0.1) is 11.3 Å². The number of hydrogen-bond donors (Lipinski definition) is 1. The van der Waals surface area contributed by atoms with Crippen LogP contribution in [0.5, 0.6) is 0 Å². The minimum atomic E-state index is -0.420. The van der Waals surface area contributed by atoms with Crippen LogP contribution in [0.25, 0.3) is 0 Å². The summed E-state index contributed by atoms with van der Waals surface area (Å²) in [4.78, 5) is 14.2. The van der Waals surface area contributed by atoms with Crippen molar-refractivity contribution < 1.29 is 4.79 Å². The zero-order chi connectivity index (χ0) is 13.1. The average molecular weight is 240 g/mol. The molecule has 1 aliphatic rings. The van der Waals surface area contributed by atoms with Gasteiger partial charge in [-0.15, -0.1) is 0 Å². The predicted octanol–water partition coefficient (Wildman–Crippen LogP) is 2.40. The molecular formula is C14H28N2O. The molecule has 0 heterocycles. The Labute approximate surface area is 106 Å². The zero-order valence-corrected chi connectivity index (χ0v) is 11.8. The molecule has 1 rings (SSSR count). The maximum absolute atomic E-state index is 12.3. The third-order valence-corrected chi connectivity index (χ3v) is 4.35. The van der Waals surface area contributed by atoms with Crippen molar-refractivity contribution in [2.45, 2.75) is 58.9 Å². The van der Waals surface area contributed by atoms with E-state index in [-0.39, 0.29) is 5.91 Å². The van der Waals surface area contributed by atoms with E-state index in [1.54, 1.807) is 0 Å². The Hall–Kier alpha value is -0.570. The Kier molecular flexibility index (Phi) is 4.99. The lowest BCUT2D eigenvalue weighted by atomic mass is 9.83. The number of rotatable bonds is 4. The number of amides is 1. The molecule has 0 bridgehead atoms. The molecule has 17 heavy (non-hydrogen) atoms. The van der Waals surface area contributed by atoms with Crippen LogP contribution in [-0.2, 0) is 4.79 Å². The Bertz CT molecular complexity index is 255. The van der Waals surface area contributed by atoms with E-state index in [0.29, 0.717) is 12.6 Å². The highest BCUT2D eigenvalue weighted by molar-refractivity contribution is 5.82. The van der Waals surface area contributed by atoms with Gasteiger partial charge in [-0.1, -0.05) is 13.3 Å². The van der Waals surface area contributed by atoms with Crippen LogP contribution in [0.1, 0.15) is 52.9 Å². The van der Waals surface area contributed by atoms with Crippen molar-refractivity contribution in [3.63, 3.8) is 0 Å². The molecule has 0 aromatic carbocycles. The summed E-state index contributed by atoms with van der Waals surface area (Å²) in [6, 6.07) is 0.427. The first kappa shape index (κ1) is 14.5. The van der Waals surface area contributed by atoms with Crippen LogP contribution in [0.2, 0.25) is 0 Å². The van der Waals surface area contributed by atoms with Gasteiger partial charge in [0.25, 0.3) is 0 Å². The average Bonchev–Trinajstić information content (AvgIpc) is 2.37. The minimum Gasteiger partial charge on any atom is -0.342 e. The van der Waals surface area contributed by atoms with Crippen molar-refractivity contribution >= 4 is 5.91 Å². The smallest absolute Gasteiger partial charge is 0.229 e. The van der Waals surface area contributed by atoms with Gasteiger partial charge >= 0.3 is 0 Å².